The van der Waals surface area contributed by atoms with Crippen molar-refractivity contribution in [3.05, 3.63) is 89.5 Å². The number of carbonyl (C=O) groups excluding carboxylic acids is 1. The van der Waals surface area contributed by atoms with Crippen LogP contribution in [0.15, 0.2) is 58.3 Å². The summed E-state index contributed by atoms with van der Waals surface area (Å²) in [5.74, 6) is -0.380. The van der Waals surface area contributed by atoms with E-state index in [9.17, 15) is 19.7 Å². The number of nitro benzene ring substituents is 1. The zero-order valence-electron chi connectivity index (χ0n) is 16.6. The highest BCUT2D eigenvalue weighted by molar-refractivity contribution is 7.07. The number of benzene rings is 2. The molecule has 9 nitrogen and oxygen atoms in total. The Morgan fingerprint density at radius 3 is 2.77 bits per heavy atom. The number of aromatic nitrogens is 1. The zero-order valence-corrected chi connectivity index (χ0v) is 17.4. The molecule has 2 aromatic carbocycles. The highest BCUT2D eigenvalue weighted by atomic mass is 32.1. The minimum atomic E-state index is -0.468. The molecule has 0 spiro atoms. The molecule has 0 saturated carbocycles. The number of ether oxygens (including phenoxy) is 1. The first-order chi connectivity index (χ1) is 15.0. The van der Waals surface area contributed by atoms with Crippen LogP contribution in [0, 0.1) is 10.1 Å². The van der Waals surface area contributed by atoms with Gasteiger partial charge >= 0.3 is 5.97 Å². The number of fused-ring (bicyclic) bond motifs is 1. The second kappa shape index (κ2) is 8.52. The van der Waals surface area contributed by atoms with Gasteiger partial charge in [0.15, 0.2) is 4.80 Å². The van der Waals surface area contributed by atoms with Gasteiger partial charge in [-0.1, -0.05) is 23.5 Å². The molecule has 4 rings (SSSR count). The van der Waals surface area contributed by atoms with E-state index >= 15 is 0 Å². The molecule has 1 aliphatic rings. The SMILES string of the molecule is CCOC(=O)c1ccc(N2CN=c3sc(=Cc4cccc([N+](=O)[O-])c4)c(=O)n3C2)cc1. The molecule has 0 amide bonds. The van der Waals surface area contributed by atoms with E-state index in [0.717, 1.165) is 5.69 Å². The fraction of sp³-hybridized carbons (Fsp3) is 0.190. The summed E-state index contributed by atoms with van der Waals surface area (Å²) in [5.41, 5.74) is 1.63. The van der Waals surface area contributed by atoms with Gasteiger partial charge < -0.3 is 9.64 Å². The molecule has 31 heavy (non-hydrogen) atoms. The molecule has 0 N–H and O–H groups in total. The van der Waals surface area contributed by atoms with Crippen molar-refractivity contribution in [2.75, 3.05) is 18.2 Å². The van der Waals surface area contributed by atoms with Crippen molar-refractivity contribution in [3.63, 3.8) is 0 Å². The lowest BCUT2D eigenvalue weighted by Gasteiger charge is -2.25. The maximum Gasteiger partial charge on any atom is 0.338 e. The molecule has 158 valence electrons. The van der Waals surface area contributed by atoms with Crippen LogP contribution < -0.4 is 19.8 Å². The van der Waals surface area contributed by atoms with Crippen LogP contribution in [0.3, 0.4) is 0 Å². The second-order valence-electron chi connectivity index (χ2n) is 6.73. The van der Waals surface area contributed by atoms with Crippen molar-refractivity contribution in [2.24, 2.45) is 4.99 Å². The van der Waals surface area contributed by atoms with Gasteiger partial charge in [-0.25, -0.2) is 9.79 Å². The number of rotatable bonds is 5. The van der Waals surface area contributed by atoms with E-state index in [2.05, 4.69) is 4.99 Å². The highest BCUT2D eigenvalue weighted by Gasteiger charge is 2.17. The molecule has 2 heterocycles. The third kappa shape index (κ3) is 4.24. The lowest BCUT2D eigenvalue weighted by atomic mass is 10.2. The molecule has 0 unspecified atom stereocenters. The number of anilines is 1. The Hall–Kier alpha value is -3.79. The highest BCUT2D eigenvalue weighted by Crippen LogP contribution is 2.17. The van der Waals surface area contributed by atoms with Gasteiger partial charge in [-0.05, 0) is 42.8 Å². The number of carbonyl (C=O) groups is 1. The fourth-order valence-electron chi connectivity index (χ4n) is 3.18. The van der Waals surface area contributed by atoms with E-state index in [0.29, 0.717) is 40.4 Å². The molecule has 0 atom stereocenters. The average molecular weight is 438 g/mol. The van der Waals surface area contributed by atoms with Crippen LogP contribution in [-0.4, -0.2) is 28.7 Å². The van der Waals surface area contributed by atoms with Gasteiger partial charge in [-0.3, -0.25) is 19.5 Å². The Balaban J connectivity index is 1.60. The third-order valence-corrected chi connectivity index (χ3v) is 5.74. The number of nitrogens with zero attached hydrogens (tertiary/aromatic N) is 4. The van der Waals surface area contributed by atoms with Crippen LogP contribution in [0.5, 0.6) is 0 Å². The lowest BCUT2D eigenvalue weighted by Crippen LogP contribution is -2.42. The summed E-state index contributed by atoms with van der Waals surface area (Å²) in [7, 11) is 0. The van der Waals surface area contributed by atoms with Crippen molar-refractivity contribution in [3.8, 4) is 0 Å². The van der Waals surface area contributed by atoms with Crippen molar-refractivity contribution in [1.82, 2.24) is 4.57 Å². The molecule has 10 heteroatoms. The number of non-ortho nitro benzene ring substituents is 1. The van der Waals surface area contributed by atoms with Crippen LogP contribution in [-0.2, 0) is 11.4 Å². The zero-order chi connectivity index (χ0) is 22.0. The molecule has 0 fully saturated rings. The number of esters is 1. The Labute approximate surface area is 180 Å². The van der Waals surface area contributed by atoms with Gasteiger partial charge in [0.05, 0.1) is 21.6 Å². The predicted octanol–water partition coefficient (Wildman–Crippen LogP) is 1.88. The molecule has 1 aromatic heterocycles. The van der Waals surface area contributed by atoms with E-state index in [1.54, 1.807) is 54.0 Å². The molecule has 0 aliphatic carbocycles. The Morgan fingerprint density at radius 1 is 1.29 bits per heavy atom. The van der Waals surface area contributed by atoms with E-state index in [1.807, 2.05) is 4.90 Å². The minimum Gasteiger partial charge on any atom is -0.462 e. The monoisotopic (exact) mass is 438 g/mol. The quantitative estimate of drug-likeness (QED) is 0.342. The number of thiazole rings is 1. The van der Waals surface area contributed by atoms with Crippen LogP contribution in [0.2, 0.25) is 0 Å². The molecule has 0 radical (unpaired) electrons. The van der Waals surface area contributed by atoms with E-state index < -0.39 is 4.92 Å². The first-order valence-corrected chi connectivity index (χ1v) is 10.3. The maximum absolute atomic E-state index is 12.9. The van der Waals surface area contributed by atoms with Gasteiger partial charge in [-0.2, -0.15) is 0 Å². The van der Waals surface area contributed by atoms with Crippen molar-refractivity contribution in [1.29, 1.82) is 0 Å². The molecule has 0 bridgehead atoms. The first kappa shape index (κ1) is 20.5. The van der Waals surface area contributed by atoms with Gasteiger partial charge in [0, 0.05) is 17.8 Å². The molecular formula is C21H18N4O5S. The van der Waals surface area contributed by atoms with Crippen LogP contribution in [0.25, 0.3) is 6.08 Å². The standard InChI is InChI=1S/C21H18N4O5S/c1-2-30-20(27)15-6-8-16(9-7-15)23-12-22-21-24(13-23)19(26)18(31-21)11-14-4-3-5-17(10-14)25(28)29/h3-11H,2,12-13H2,1H3. The van der Waals surface area contributed by atoms with E-state index in [4.69, 9.17) is 4.74 Å². The summed E-state index contributed by atoms with van der Waals surface area (Å²) in [5, 5.41) is 11.0. The Morgan fingerprint density at radius 2 is 2.06 bits per heavy atom. The van der Waals surface area contributed by atoms with Crippen LogP contribution in [0.1, 0.15) is 22.8 Å². The Bertz CT molecular complexity index is 1330. The summed E-state index contributed by atoms with van der Waals surface area (Å²) < 4.78 is 7.01. The maximum atomic E-state index is 12.9. The van der Waals surface area contributed by atoms with Crippen LogP contribution in [0.4, 0.5) is 11.4 Å². The predicted molar refractivity (Wildman–Crippen MR) is 116 cm³/mol. The summed E-state index contributed by atoms with van der Waals surface area (Å²) in [6, 6.07) is 13.1. The smallest absolute Gasteiger partial charge is 0.338 e. The van der Waals surface area contributed by atoms with E-state index in [-0.39, 0.29) is 17.2 Å². The Kier molecular flexibility index (Phi) is 5.63. The van der Waals surface area contributed by atoms with Crippen molar-refractivity contribution in [2.45, 2.75) is 13.6 Å². The lowest BCUT2D eigenvalue weighted by molar-refractivity contribution is -0.384. The van der Waals surface area contributed by atoms with Gasteiger partial charge in [0.2, 0.25) is 0 Å². The second-order valence-corrected chi connectivity index (χ2v) is 7.74. The summed E-state index contributed by atoms with van der Waals surface area (Å²) >= 11 is 1.25. The molecular weight excluding hydrogens is 420 g/mol. The van der Waals surface area contributed by atoms with Crippen molar-refractivity contribution >= 4 is 34.8 Å². The third-order valence-electron chi connectivity index (χ3n) is 4.70. The van der Waals surface area contributed by atoms with Gasteiger partial charge in [-0.15, -0.1) is 0 Å². The molecule has 0 saturated heterocycles. The summed E-state index contributed by atoms with van der Waals surface area (Å²) in [6.07, 6.45) is 1.64. The molecule has 1 aliphatic heterocycles. The fourth-order valence-corrected chi connectivity index (χ4v) is 4.14. The van der Waals surface area contributed by atoms with E-state index in [1.165, 1.54) is 23.5 Å². The summed E-state index contributed by atoms with van der Waals surface area (Å²) in [6.45, 7) is 2.75. The average Bonchev–Trinajstić information content (AvgIpc) is 3.09. The van der Waals surface area contributed by atoms with Gasteiger partial charge in [0.25, 0.3) is 11.2 Å². The minimum absolute atomic E-state index is 0.0303. The molecule has 3 aromatic rings. The largest absolute Gasteiger partial charge is 0.462 e. The summed E-state index contributed by atoms with van der Waals surface area (Å²) in [4.78, 5) is 42.2. The first-order valence-electron chi connectivity index (χ1n) is 9.48. The number of nitro groups is 1. The topological polar surface area (TPSA) is 107 Å². The normalized spacial score (nSPS) is 13.5. The van der Waals surface area contributed by atoms with Crippen molar-refractivity contribution < 1.29 is 14.5 Å². The van der Waals surface area contributed by atoms with Crippen LogP contribution >= 0.6 is 11.3 Å². The van der Waals surface area contributed by atoms with Gasteiger partial charge in [0.1, 0.15) is 13.3 Å². The number of hydrogen-bond donors (Lipinski definition) is 0. The number of hydrogen-bond acceptors (Lipinski definition) is 8.